The van der Waals surface area contributed by atoms with Gasteiger partial charge in [-0.25, -0.2) is 0 Å². The molecule has 80 valence electrons. The van der Waals surface area contributed by atoms with E-state index in [2.05, 4.69) is 18.2 Å². The first kappa shape index (κ1) is 10.4. The van der Waals surface area contributed by atoms with Crippen LogP contribution < -0.4 is 0 Å². The maximum atomic E-state index is 9.31. The Morgan fingerprint density at radius 2 is 2.00 bits per heavy atom. The van der Waals surface area contributed by atoms with Gasteiger partial charge in [-0.05, 0) is 24.0 Å². The average molecular weight is 204 g/mol. The van der Waals surface area contributed by atoms with E-state index in [1.807, 2.05) is 18.2 Å². The van der Waals surface area contributed by atoms with Crippen LogP contribution >= 0.6 is 0 Å². The van der Waals surface area contributed by atoms with E-state index in [9.17, 15) is 5.11 Å². The van der Waals surface area contributed by atoms with Crippen LogP contribution in [-0.4, -0.2) is 17.8 Å². The molecule has 1 aromatic rings. The van der Waals surface area contributed by atoms with Crippen molar-refractivity contribution >= 4 is 0 Å². The highest BCUT2D eigenvalue weighted by atomic mass is 16.5. The maximum absolute atomic E-state index is 9.31. The van der Waals surface area contributed by atoms with E-state index < -0.39 is 0 Å². The van der Waals surface area contributed by atoms with E-state index in [1.165, 1.54) is 11.1 Å². The summed E-state index contributed by atoms with van der Waals surface area (Å²) in [6.07, 6.45) is 3.45. The fraction of sp³-hybridized carbons (Fsp3) is 0.385. The lowest BCUT2D eigenvalue weighted by atomic mass is 10.2. The Morgan fingerprint density at radius 1 is 1.20 bits per heavy atom. The molecule has 0 spiro atoms. The van der Waals surface area contributed by atoms with Crippen LogP contribution in [0.3, 0.4) is 0 Å². The van der Waals surface area contributed by atoms with Gasteiger partial charge in [0.1, 0.15) is 0 Å². The van der Waals surface area contributed by atoms with Crippen LogP contribution in [-0.2, 0) is 11.3 Å². The van der Waals surface area contributed by atoms with E-state index in [0.717, 1.165) is 12.8 Å². The summed E-state index contributed by atoms with van der Waals surface area (Å²) in [6, 6.07) is 10.1. The van der Waals surface area contributed by atoms with Crippen LogP contribution in [0, 0.1) is 0 Å². The molecule has 0 aromatic heterocycles. The summed E-state index contributed by atoms with van der Waals surface area (Å²) in [6.45, 7) is 1.29. The number of ether oxygens (including phenoxy) is 1. The van der Waals surface area contributed by atoms with Crippen LogP contribution in [0.2, 0.25) is 0 Å². The van der Waals surface area contributed by atoms with Crippen LogP contribution in [0.15, 0.2) is 42.0 Å². The zero-order valence-corrected chi connectivity index (χ0v) is 8.73. The second-order valence-electron chi connectivity index (χ2n) is 3.93. The highest BCUT2D eigenvalue weighted by molar-refractivity contribution is 5.14. The van der Waals surface area contributed by atoms with E-state index in [4.69, 9.17) is 4.74 Å². The Balaban J connectivity index is 1.72. The molecule has 0 bridgehead atoms. The first-order valence-electron chi connectivity index (χ1n) is 5.32. The van der Waals surface area contributed by atoms with Gasteiger partial charge in [0.2, 0.25) is 0 Å². The number of hydrogen-bond acceptors (Lipinski definition) is 2. The van der Waals surface area contributed by atoms with Gasteiger partial charge in [0.15, 0.2) is 0 Å². The summed E-state index contributed by atoms with van der Waals surface area (Å²) in [4.78, 5) is 0. The fourth-order valence-electron chi connectivity index (χ4n) is 1.76. The molecule has 0 saturated carbocycles. The summed E-state index contributed by atoms with van der Waals surface area (Å²) in [5.41, 5.74) is 2.41. The minimum Gasteiger partial charge on any atom is -0.392 e. The summed E-state index contributed by atoms with van der Waals surface area (Å²) in [7, 11) is 0. The van der Waals surface area contributed by atoms with Crippen molar-refractivity contribution in [3.63, 3.8) is 0 Å². The van der Waals surface area contributed by atoms with Gasteiger partial charge in [0.05, 0.1) is 19.3 Å². The molecule has 1 aromatic carbocycles. The Kier molecular flexibility index (Phi) is 3.54. The quantitative estimate of drug-likeness (QED) is 0.762. The molecular weight excluding hydrogens is 188 g/mol. The van der Waals surface area contributed by atoms with E-state index >= 15 is 0 Å². The third kappa shape index (κ3) is 3.18. The van der Waals surface area contributed by atoms with E-state index in [1.54, 1.807) is 0 Å². The van der Waals surface area contributed by atoms with Crippen LogP contribution in [0.1, 0.15) is 18.4 Å². The summed E-state index contributed by atoms with van der Waals surface area (Å²) in [5.74, 6) is 0. The summed E-state index contributed by atoms with van der Waals surface area (Å²) >= 11 is 0. The molecule has 1 aliphatic rings. The lowest BCUT2D eigenvalue weighted by Crippen LogP contribution is -2.02. The third-order valence-corrected chi connectivity index (χ3v) is 2.58. The molecule has 0 radical (unpaired) electrons. The maximum Gasteiger partial charge on any atom is 0.0721 e. The second-order valence-corrected chi connectivity index (χ2v) is 3.93. The zero-order chi connectivity index (χ0) is 10.5. The summed E-state index contributed by atoms with van der Waals surface area (Å²) in [5, 5.41) is 9.31. The van der Waals surface area contributed by atoms with Gasteiger partial charge >= 0.3 is 0 Å². The molecule has 0 fully saturated rings. The van der Waals surface area contributed by atoms with Gasteiger partial charge in [-0.15, -0.1) is 0 Å². The van der Waals surface area contributed by atoms with Crippen molar-refractivity contribution in [1.82, 2.24) is 0 Å². The van der Waals surface area contributed by atoms with Gasteiger partial charge in [-0.3, -0.25) is 0 Å². The lowest BCUT2D eigenvalue weighted by molar-refractivity contribution is 0.134. The number of aliphatic hydroxyl groups is 1. The molecule has 2 nitrogen and oxygen atoms in total. The first-order valence-corrected chi connectivity index (χ1v) is 5.32. The standard InChI is InChI=1S/C13H16O2/c14-13-7-6-12(8-13)10-15-9-11-4-2-1-3-5-11/h1-6,13-14H,7-10H2/t13-/m0/s1. The molecule has 15 heavy (non-hydrogen) atoms. The molecule has 0 heterocycles. The molecule has 2 rings (SSSR count). The van der Waals surface area contributed by atoms with Gasteiger partial charge in [-0.2, -0.15) is 0 Å². The first-order chi connectivity index (χ1) is 7.34. The highest BCUT2D eigenvalue weighted by Gasteiger charge is 2.13. The average Bonchev–Trinajstić information content (AvgIpc) is 2.66. The normalized spacial score (nSPS) is 20.3. The Morgan fingerprint density at radius 3 is 2.67 bits per heavy atom. The molecule has 1 N–H and O–H groups in total. The molecule has 0 amide bonds. The summed E-state index contributed by atoms with van der Waals surface area (Å²) < 4.78 is 5.57. The van der Waals surface area contributed by atoms with E-state index in [0.29, 0.717) is 13.2 Å². The van der Waals surface area contributed by atoms with Crippen molar-refractivity contribution in [3.05, 3.63) is 47.5 Å². The number of benzene rings is 1. The Hall–Kier alpha value is -1.12. The van der Waals surface area contributed by atoms with E-state index in [-0.39, 0.29) is 6.10 Å². The molecule has 1 aliphatic carbocycles. The second kappa shape index (κ2) is 5.10. The van der Waals surface area contributed by atoms with Gasteiger partial charge in [0, 0.05) is 0 Å². The minimum atomic E-state index is -0.180. The molecule has 2 heteroatoms. The van der Waals surface area contributed by atoms with Crippen molar-refractivity contribution in [3.8, 4) is 0 Å². The fourth-order valence-corrected chi connectivity index (χ4v) is 1.76. The van der Waals surface area contributed by atoms with Gasteiger partial charge < -0.3 is 9.84 Å². The van der Waals surface area contributed by atoms with Crippen molar-refractivity contribution in [2.24, 2.45) is 0 Å². The highest BCUT2D eigenvalue weighted by Crippen LogP contribution is 2.18. The Bertz CT molecular complexity index is 330. The molecule has 1 atom stereocenters. The van der Waals surface area contributed by atoms with Crippen molar-refractivity contribution in [2.75, 3.05) is 6.61 Å². The van der Waals surface area contributed by atoms with Crippen LogP contribution in [0.4, 0.5) is 0 Å². The van der Waals surface area contributed by atoms with Crippen molar-refractivity contribution in [1.29, 1.82) is 0 Å². The predicted molar refractivity (Wildman–Crippen MR) is 59.4 cm³/mol. The van der Waals surface area contributed by atoms with Crippen molar-refractivity contribution < 1.29 is 9.84 Å². The predicted octanol–water partition coefficient (Wildman–Crippen LogP) is 2.28. The molecule has 0 saturated heterocycles. The molecule has 0 unspecified atom stereocenters. The Labute approximate surface area is 90.2 Å². The molecule has 0 aliphatic heterocycles. The molecular formula is C13H16O2. The van der Waals surface area contributed by atoms with Crippen molar-refractivity contribution in [2.45, 2.75) is 25.6 Å². The largest absolute Gasteiger partial charge is 0.392 e. The number of hydrogen-bond donors (Lipinski definition) is 1. The zero-order valence-electron chi connectivity index (χ0n) is 8.73. The lowest BCUT2D eigenvalue weighted by Gasteiger charge is -2.05. The monoisotopic (exact) mass is 204 g/mol. The van der Waals surface area contributed by atoms with Crippen LogP contribution in [0.25, 0.3) is 0 Å². The minimum absolute atomic E-state index is 0.180. The van der Waals surface area contributed by atoms with Crippen LogP contribution in [0.5, 0.6) is 0 Å². The SMILES string of the molecule is O[C@H]1CC=C(COCc2ccccc2)C1. The third-order valence-electron chi connectivity index (χ3n) is 2.58. The number of rotatable bonds is 4. The smallest absolute Gasteiger partial charge is 0.0721 e. The topological polar surface area (TPSA) is 29.5 Å². The van der Waals surface area contributed by atoms with Gasteiger partial charge in [0.25, 0.3) is 0 Å². The number of aliphatic hydroxyl groups excluding tert-OH is 1. The van der Waals surface area contributed by atoms with Gasteiger partial charge in [-0.1, -0.05) is 36.4 Å².